The summed E-state index contributed by atoms with van der Waals surface area (Å²) in [7, 11) is 0. The molecule has 1 aromatic rings. The molecule has 1 unspecified atom stereocenters. The third-order valence-corrected chi connectivity index (χ3v) is 3.69. The highest BCUT2D eigenvalue weighted by atomic mass is 16.4. The minimum atomic E-state index is -0.740. The number of carbonyl (C=O) groups is 2. The van der Waals surface area contributed by atoms with Crippen LogP contribution in [0.5, 0.6) is 0 Å². The Morgan fingerprint density at radius 3 is 2.29 bits per heavy atom. The Balaban J connectivity index is 2.42. The van der Waals surface area contributed by atoms with Gasteiger partial charge < -0.3 is 16.2 Å². The monoisotopic (exact) mass is 292 g/mol. The third-order valence-electron chi connectivity index (χ3n) is 3.69. The zero-order valence-electron chi connectivity index (χ0n) is 12.6. The molecule has 0 aliphatic heterocycles. The van der Waals surface area contributed by atoms with E-state index in [1.54, 1.807) is 12.1 Å². The van der Waals surface area contributed by atoms with Crippen LogP contribution in [0.4, 0.5) is 5.69 Å². The Hall–Kier alpha value is -2.04. The van der Waals surface area contributed by atoms with Crippen LogP contribution in [-0.4, -0.2) is 23.5 Å². The maximum atomic E-state index is 11.0. The standard InChI is InChI=1S/C16H24N2O3/c1-11(2)12(5-8-15(19)20)9-10-18-14-6-3-13(4-7-14)16(17)21/h3-4,6-7,11-12,18H,5,8-10H2,1-2H3,(H2,17,21)(H,19,20). The number of rotatable bonds is 9. The largest absolute Gasteiger partial charge is 0.481 e. The lowest BCUT2D eigenvalue weighted by molar-refractivity contribution is -0.137. The van der Waals surface area contributed by atoms with Gasteiger partial charge in [-0.05, 0) is 48.9 Å². The van der Waals surface area contributed by atoms with Crippen molar-refractivity contribution in [1.82, 2.24) is 0 Å². The van der Waals surface area contributed by atoms with Gasteiger partial charge in [-0.1, -0.05) is 13.8 Å². The van der Waals surface area contributed by atoms with Crippen molar-refractivity contribution in [2.45, 2.75) is 33.1 Å². The fourth-order valence-corrected chi connectivity index (χ4v) is 2.27. The number of aliphatic carboxylic acids is 1. The van der Waals surface area contributed by atoms with Crippen molar-refractivity contribution in [1.29, 1.82) is 0 Å². The van der Waals surface area contributed by atoms with Gasteiger partial charge in [0, 0.05) is 24.2 Å². The molecule has 0 spiro atoms. The highest BCUT2D eigenvalue weighted by molar-refractivity contribution is 5.93. The molecular weight excluding hydrogens is 268 g/mol. The number of carboxylic acids is 1. The highest BCUT2D eigenvalue weighted by Gasteiger charge is 2.14. The van der Waals surface area contributed by atoms with Crippen molar-refractivity contribution in [3.63, 3.8) is 0 Å². The van der Waals surface area contributed by atoms with Gasteiger partial charge in [0.05, 0.1) is 0 Å². The molecule has 0 bridgehead atoms. The molecule has 1 atom stereocenters. The summed E-state index contributed by atoms with van der Waals surface area (Å²) in [4.78, 5) is 21.6. The van der Waals surface area contributed by atoms with Crippen LogP contribution < -0.4 is 11.1 Å². The molecule has 21 heavy (non-hydrogen) atoms. The Labute approximate surface area is 125 Å². The van der Waals surface area contributed by atoms with E-state index < -0.39 is 11.9 Å². The summed E-state index contributed by atoms with van der Waals surface area (Å²) in [5, 5.41) is 12.0. The lowest BCUT2D eigenvalue weighted by Gasteiger charge is -2.20. The first kappa shape index (κ1) is 17.0. The van der Waals surface area contributed by atoms with E-state index in [1.807, 2.05) is 12.1 Å². The van der Waals surface area contributed by atoms with Gasteiger partial charge in [0.2, 0.25) is 5.91 Å². The predicted octanol–water partition coefficient (Wildman–Crippen LogP) is 2.72. The van der Waals surface area contributed by atoms with Crippen LogP contribution in [0.25, 0.3) is 0 Å². The molecule has 5 nitrogen and oxygen atoms in total. The molecule has 0 aliphatic rings. The first-order valence-electron chi connectivity index (χ1n) is 7.25. The molecule has 116 valence electrons. The van der Waals surface area contributed by atoms with Crippen molar-refractivity contribution in [2.75, 3.05) is 11.9 Å². The number of hydrogen-bond donors (Lipinski definition) is 3. The highest BCUT2D eigenvalue weighted by Crippen LogP contribution is 2.21. The van der Waals surface area contributed by atoms with Crippen molar-refractivity contribution < 1.29 is 14.7 Å². The second-order valence-electron chi connectivity index (χ2n) is 5.59. The van der Waals surface area contributed by atoms with E-state index in [2.05, 4.69) is 19.2 Å². The van der Waals surface area contributed by atoms with Gasteiger partial charge >= 0.3 is 5.97 Å². The van der Waals surface area contributed by atoms with Crippen molar-refractivity contribution in [2.24, 2.45) is 17.6 Å². The van der Waals surface area contributed by atoms with E-state index in [9.17, 15) is 9.59 Å². The summed E-state index contributed by atoms with van der Waals surface area (Å²) in [5.74, 6) is -0.326. The normalized spacial score (nSPS) is 12.1. The average molecular weight is 292 g/mol. The molecule has 0 saturated heterocycles. The number of hydrogen-bond acceptors (Lipinski definition) is 3. The van der Waals surface area contributed by atoms with Crippen LogP contribution in [0.3, 0.4) is 0 Å². The fourth-order valence-electron chi connectivity index (χ4n) is 2.27. The number of carboxylic acid groups (broad SMARTS) is 1. The molecule has 0 aromatic heterocycles. The molecule has 0 radical (unpaired) electrons. The van der Waals surface area contributed by atoms with E-state index in [0.29, 0.717) is 23.8 Å². The van der Waals surface area contributed by atoms with Gasteiger partial charge in [-0.25, -0.2) is 0 Å². The van der Waals surface area contributed by atoms with Gasteiger partial charge in [0.1, 0.15) is 0 Å². The molecule has 0 heterocycles. The second kappa shape index (κ2) is 8.29. The number of carbonyl (C=O) groups excluding carboxylic acids is 1. The Bertz CT molecular complexity index is 469. The zero-order valence-corrected chi connectivity index (χ0v) is 12.6. The molecule has 0 saturated carbocycles. The molecule has 0 aliphatic carbocycles. The summed E-state index contributed by atoms with van der Waals surface area (Å²) in [6.45, 7) is 5.01. The fraction of sp³-hybridized carbons (Fsp3) is 0.500. The van der Waals surface area contributed by atoms with E-state index in [0.717, 1.165) is 18.7 Å². The van der Waals surface area contributed by atoms with E-state index in [4.69, 9.17) is 10.8 Å². The average Bonchev–Trinajstić information content (AvgIpc) is 2.42. The number of benzene rings is 1. The molecular formula is C16H24N2O3. The maximum absolute atomic E-state index is 11.0. The van der Waals surface area contributed by atoms with Crippen molar-refractivity contribution in [3.05, 3.63) is 29.8 Å². The van der Waals surface area contributed by atoms with Gasteiger partial charge in [0.15, 0.2) is 0 Å². The van der Waals surface area contributed by atoms with E-state index >= 15 is 0 Å². The van der Waals surface area contributed by atoms with Crippen LogP contribution >= 0.6 is 0 Å². The molecule has 0 fully saturated rings. The zero-order chi connectivity index (χ0) is 15.8. The van der Waals surface area contributed by atoms with Gasteiger partial charge in [-0.2, -0.15) is 0 Å². The maximum Gasteiger partial charge on any atom is 0.303 e. The topological polar surface area (TPSA) is 92.4 Å². The van der Waals surface area contributed by atoms with Gasteiger partial charge in [-0.15, -0.1) is 0 Å². The van der Waals surface area contributed by atoms with Crippen LogP contribution in [0.2, 0.25) is 0 Å². The number of nitrogens with two attached hydrogens (primary N) is 1. The summed E-state index contributed by atoms with van der Waals surface area (Å²) in [6.07, 6.45) is 1.84. The summed E-state index contributed by atoms with van der Waals surface area (Å²) < 4.78 is 0. The summed E-state index contributed by atoms with van der Waals surface area (Å²) in [5.41, 5.74) is 6.61. The Morgan fingerprint density at radius 2 is 1.81 bits per heavy atom. The van der Waals surface area contributed by atoms with Crippen molar-refractivity contribution >= 4 is 17.6 Å². The van der Waals surface area contributed by atoms with Gasteiger partial charge in [0.25, 0.3) is 0 Å². The quantitative estimate of drug-likeness (QED) is 0.652. The lowest BCUT2D eigenvalue weighted by Crippen LogP contribution is -2.16. The molecule has 5 heteroatoms. The minimum Gasteiger partial charge on any atom is -0.481 e. The minimum absolute atomic E-state index is 0.218. The Morgan fingerprint density at radius 1 is 1.19 bits per heavy atom. The lowest BCUT2D eigenvalue weighted by atomic mass is 9.88. The molecule has 1 amide bonds. The number of primary amides is 1. The number of nitrogens with one attached hydrogen (secondary N) is 1. The first-order chi connectivity index (χ1) is 9.90. The van der Waals surface area contributed by atoms with Crippen LogP contribution in [0, 0.1) is 11.8 Å². The number of amides is 1. The van der Waals surface area contributed by atoms with Crippen LogP contribution in [0.1, 0.15) is 43.5 Å². The summed E-state index contributed by atoms with van der Waals surface area (Å²) in [6, 6.07) is 7.02. The SMILES string of the molecule is CC(C)C(CCNc1ccc(C(N)=O)cc1)CCC(=O)O. The molecule has 1 rings (SSSR count). The number of anilines is 1. The molecule has 4 N–H and O–H groups in total. The molecule has 1 aromatic carbocycles. The summed E-state index contributed by atoms with van der Waals surface area (Å²) >= 11 is 0. The van der Waals surface area contributed by atoms with E-state index in [1.165, 1.54) is 0 Å². The predicted molar refractivity (Wildman–Crippen MR) is 83.3 cm³/mol. The second-order valence-corrected chi connectivity index (χ2v) is 5.59. The Kier molecular flexibility index (Phi) is 6.72. The smallest absolute Gasteiger partial charge is 0.303 e. The van der Waals surface area contributed by atoms with Gasteiger partial charge in [-0.3, -0.25) is 9.59 Å². The third kappa shape index (κ3) is 6.29. The van der Waals surface area contributed by atoms with Crippen LogP contribution in [0.15, 0.2) is 24.3 Å². The van der Waals surface area contributed by atoms with Crippen LogP contribution in [-0.2, 0) is 4.79 Å². The first-order valence-corrected chi connectivity index (χ1v) is 7.25. The van der Waals surface area contributed by atoms with Crippen molar-refractivity contribution in [3.8, 4) is 0 Å². The van der Waals surface area contributed by atoms with E-state index in [-0.39, 0.29) is 6.42 Å².